The number of piperidine rings is 1. The van der Waals surface area contributed by atoms with Crippen molar-refractivity contribution in [3.63, 3.8) is 0 Å². The van der Waals surface area contributed by atoms with Gasteiger partial charge in [0, 0.05) is 19.6 Å². The molecule has 3 heteroatoms. The molecule has 0 aromatic rings. The molecule has 2 unspecified atom stereocenters. The summed E-state index contributed by atoms with van der Waals surface area (Å²) in [5.74, 6) is 1.55. The SMILES string of the molecule is CCCCNC(=S)N1CC(C)CC(C)C1. The molecule has 1 aliphatic rings. The first kappa shape index (κ1) is 12.8. The summed E-state index contributed by atoms with van der Waals surface area (Å²) in [5, 5.41) is 4.31. The van der Waals surface area contributed by atoms with E-state index in [2.05, 4.69) is 31.0 Å². The van der Waals surface area contributed by atoms with E-state index >= 15 is 0 Å². The molecular formula is C12H24N2S. The van der Waals surface area contributed by atoms with Gasteiger partial charge in [0.25, 0.3) is 0 Å². The zero-order chi connectivity index (χ0) is 11.3. The minimum atomic E-state index is 0.777. The lowest BCUT2D eigenvalue weighted by atomic mass is 9.92. The van der Waals surface area contributed by atoms with Crippen LogP contribution in [0.2, 0.25) is 0 Å². The molecule has 1 N–H and O–H groups in total. The molecule has 0 aliphatic carbocycles. The third-order valence-electron chi connectivity index (χ3n) is 2.96. The molecule has 0 aromatic carbocycles. The van der Waals surface area contributed by atoms with Gasteiger partial charge in [-0.15, -0.1) is 0 Å². The molecule has 0 saturated carbocycles. The van der Waals surface area contributed by atoms with Crippen molar-refractivity contribution in [2.45, 2.75) is 40.0 Å². The maximum atomic E-state index is 5.41. The third-order valence-corrected chi connectivity index (χ3v) is 3.37. The summed E-state index contributed by atoms with van der Waals surface area (Å²) in [6.45, 7) is 10.1. The predicted molar refractivity (Wildman–Crippen MR) is 70.0 cm³/mol. The van der Waals surface area contributed by atoms with Crippen LogP contribution in [0.25, 0.3) is 0 Å². The number of thiocarbonyl (C=S) groups is 1. The van der Waals surface area contributed by atoms with Gasteiger partial charge in [-0.05, 0) is 36.9 Å². The number of hydrogen-bond donors (Lipinski definition) is 1. The van der Waals surface area contributed by atoms with E-state index in [-0.39, 0.29) is 0 Å². The Balaban J connectivity index is 2.31. The van der Waals surface area contributed by atoms with Crippen LogP contribution in [0.3, 0.4) is 0 Å². The molecule has 1 aliphatic heterocycles. The monoisotopic (exact) mass is 228 g/mol. The van der Waals surface area contributed by atoms with E-state index < -0.39 is 0 Å². The van der Waals surface area contributed by atoms with Gasteiger partial charge in [-0.3, -0.25) is 0 Å². The van der Waals surface area contributed by atoms with Gasteiger partial charge in [-0.25, -0.2) is 0 Å². The maximum Gasteiger partial charge on any atom is 0.168 e. The van der Waals surface area contributed by atoms with Gasteiger partial charge < -0.3 is 10.2 Å². The molecule has 2 atom stereocenters. The number of nitrogens with zero attached hydrogens (tertiary/aromatic N) is 1. The fourth-order valence-corrected chi connectivity index (χ4v) is 2.56. The quantitative estimate of drug-likeness (QED) is 0.590. The Morgan fingerprint density at radius 2 is 1.93 bits per heavy atom. The highest BCUT2D eigenvalue weighted by atomic mass is 32.1. The Kier molecular flexibility index (Phi) is 5.37. The van der Waals surface area contributed by atoms with Crippen molar-refractivity contribution in [2.75, 3.05) is 19.6 Å². The zero-order valence-electron chi connectivity index (χ0n) is 10.3. The molecule has 0 aromatic heterocycles. The maximum absolute atomic E-state index is 5.41. The molecule has 0 spiro atoms. The van der Waals surface area contributed by atoms with Crippen molar-refractivity contribution in [3.8, 4) is 0 Å². The van der Waals surface area contributed by atoms with Gasteiger partial charge in [0.2, 0.25) is 0 Å². The summed E-state index contributed by atoms with van der Waals surface area (Å²) in [6.07, 6.45) is 3.77. The van der Waals surface area contributed by atoms with Gasteiger partial charge >= 0.3 is 0 Å². The lowest BCUT2D eigenvalue weighted by Crippen LogP contribution is -2.47. The topological polar surface area (TPSA) is 15.3 Å². The minimum absolute atomic E-state index is 0.777. The molecule has 2 nitrogen and oxygen atoms in total. The lowest BCUT2D eigenvalue weighted by Gasteiger charge is -2.36. The van der Waals surface area contributed by atoms with E-state index in [9.17, 15) is 0 Å². The number of nitrogens with one attached hydrogen (secondary N) is 1. The van der Waals surface area contributed by atoms with Crippen LogP contribution in [0.4, 0.5) is 0 Å². The Hall–Kier alpha value is -0.310. The van der Waals surface area contributed by atoms with Gasteiger partial charge in [0.05, 0.1) is 0 Å². The summed E-state index contributed by atoms with van der Waals surface area (Å²) < 4.78 is 0. The number of rotatable bonds is 3. The van der Waals surface area contributed by atoms with Crippen LogP contribution in [-0.4, -0.2) is 29.6 Å². The third kappa shape index (κ3) is 4.37. The Morgan fingerprint density at radius 3 is 2.47 bits per heavy atom. The lowest BCUT2D eigenvalue weighted by molar-refractivity contribution is 0.212. The van der Waals surface area contributed by atoms with Crippen molar-refractivity contribution in [1.29, 1.82) is 0 Å². The fraction of sp³-hybridized carbons (Fsp3) is 0.917. The Morgan fingerprint density at radius 1 is 1.33 bits per heavy atom. The summed E-state index contributed by atoms with van der Waals surface area (Å²) in [5.41, 5.74) is 0. The van der Waals surface area contributed by atoms with Crippen molar-refractivity contribution in [3.05, 3.63) is 0 Å². The van der Waals surface area contributed by atoms with E-state index in [1.807, 2.05) is 0 Å². The summed E-state index contributed by atoms with van der Waals surface area (Å²) >= 11 is 5.41. The van der Waals surface area contributed by atoms with Crippen LogP contribution in [0.1, 0.15) is 40.0 Å². The Labute approximate surface area is 99.4 Å². The second-order valence-corrected chi connectivity index (χ2v) is 5.32. The number of unbranched alkanes of at least 4 members (excludes halogenated alkanes) is 1. The summed E-state index contributed by atoms with van der Waals surface area (Å²) in [6, 6.07) is 0. The van der Waals surface area contributed by atoms with Crippen molar-refractivity contribution in [1.82, 2.24) is 10.2 Å². The first-order valence-corrected chi connectivity index (χ1v) is 6.57. The highest BCUT2D eigenvalue weighted by Crippen LogP contribution is 2.20. The van der Waals surface area contributed by atoms with E-state index in [0.29, 0.717) is 0 Å². The van der Waals surface area contributed by atoms with E-state index in [4.69, 9.17) is 12.2 Å². The predicted octanol–water partition coefficient (Wildman–Crippen LogP) is 2.64. The highest BCUT2D eigenvalue weighted by Gasteiger charge is 2.22. The van der Waals surface area contributed by atoms with E-state index in [0.717, 1.165) is 36.6 Å². The van der Waals surface area contributed by atoms with E-state index in [1.54, 1.807) is 0 Å². The van der Waals surface area contributed by atoms with Crippen LogP contribution < -0.4 is 5.32 Å². The first-order valence-electron chi connectivity index (χ1n) is 6.16. The average Bonchev–Trinajstić information content (AvgIpc) is 2.16. The standard InChI is InChI=1S/C12H24N2S/c1-4-5-6-13-12(15)14-8-10(2)7-11(3)9-14/h10-11H,4-9H2,1-3H3,(H,13,15). The van der Waals surface area contributed by atoms with Gasteiger partial charge in [0.15, 0.2) is 5.11 Å². The summed E-state index contributed by atoms with van der Waals surface area (Å²) in [4.78, 5) is 2.34. The van der Waals surface area contributed by atoms with Crippen LogP contribution in [0.15, 0.2) is 0 Å². The molecule has 88 valence electrons. The molecule has 0 amide bonds. The Bertz CT molecular complexity index is 196. The van der Waals surface area contributed by atoms with Crippen LogP contribution >= 0.6 is 12.2 Å². The molecule has 1 fully saturated rings. The fourth-order valence-electron chi connectivity index (χ4n) is 2.31. The normalized spacial score (nSPS) is 26.5. The van der Waals surface area contributed by atoms with Gasteiger partial charge in [-0.2, -0.15) is 0 Å². The van der Waals surface area contributed by atoms with Crippen LogP contribution in [0.5, 0.6) is 0 Å². The largest absolute Gasteiger partial charge is 0.363 e. The smallest absolute Gasteiger partial charge is 0.168 e. The second kappa shape index (κ2) is 6.31. The summed E-state index contributed by atoms with van der Waals surface area (Å²) in [7, 11) is 0. The molecule has 1 saturated heterocycles. The van der Waals surface area contributed by atoms with Crippen molar-refractivity contribution >= 4 is 17.3 Å². The molecule has 0 bridgehead atoms. The van der Waals surface area contributed by atoms with Gasteiger partial charge in [0.1, 0.15) is 0 Å². The van der Waals surface area contributed by atoms with Crippen LogP contribution in [-0.2, 0) is 0 Å². The average molecular weight is 228 g/mol. The zero-order valence-corrected chi connectivity index (χ0v) is 11.1. The van der Waals surface area contributed by atoms with E-state index in [1.165, 1.54) is 19.3 Å². The molecule has 15 heavy (non-hydrogen) atoms. The van der Waals surface area contributed by atoms with Gasteiger partial charge in [-0.1, -0.05) is 27.2 Å². The molecular weight excluding hydrogens is 204 g/mol. The molecule has 1 rings (SSSR count). The molecule has 1 heterocycles. The highest BCUT2D eigenvalue weighted by molar-refractivity contribution is 7.80. The molecule has 0 radical (unpaired) electrons. The number of likely N-dealkylation sites (tertiary alicyclic amines) is 1. The van der Waals surface area contributed by atoms with Crippen molar-refractivity contribution in [2.24, 2.45) is 11.8 Å². The second-order valence-electron chi connectivity index (χ2n) is 4.94. The minimum Gasteiger partial charge on any atom is -0.363 e. The van der Waals surface area contributed by atoms with Crippen molar-refractivity contribution < 1.29 is 0 Å². The van der Waals surface area contributed by atoms with Crippen LogP contribution in [0, 0.1) is 11.8 Å². The number of hydrogen-bond acceptors (Lipinski definition) is 1. The first-order chi connectivity index (χ1) is 7.13.